The highest BCUT2D eigenvalue weighted by molar-refractivity contribution is 5.30. The van der Waals surface area contributed by atoms with Crippen LogP contribution < -0.4 is 4.74 Å². The second kappa shape index (κ2) is 12.8. The van der Waals surface area contributed by atoms with Crippen molar-refractivity contribution in [3.8, 4) is 5.75 Å². The molecule has 0 amide bonds. The van der Waals surface area contributed by atoms with Gasteiger partial charge in [0.1, 0.15) is 0 Å². The van der Waals surface area contributed by atoms with Gasteiger partial charge < -0.3 is 14.2 Å². The summed E-state index contributed by atoms with van der Waals surface area (Å²) < 4.78 is 61.0. The molecule has 1 aliphatic heterocycles. The van der Waals surface area contributed by atoms with Crippen LogP contribution in [0.15, 0.2) is 18.2 Å². The average Bonchev–Trinajstić information content (AvgIpc) is 2.85. The van der Waals surface area contributed by atoms with Gasteiger partial charge in [0.2, 0.25) is 0 Å². The number of hydrogen-bond acceptors (Lipinski definition) is 3. The predicted octanol–water partition coefficient (Wildman–Crippen LogP) is 7.57. The molecule has 0 bridgehead atoms. The van der Waals surface area contributed by atoms with E-state index in [4.69, 9.17) is 14.2 Å². The Bertz CT molecular complexity index is 765. The van der Waals surface area contributed by atoms with Crippen molar-refractivity contribution in [2.75, 3.05) is 20.3 Å². The van der Waals surface area contributed by atoms with E-state index in [2.05, 4.69) is 6.92 Å². The molecule has 4 rings (SSSR count). The molecular formula is C28H42F4O3. The first-order valence-electron chi connectivity index (χ1n) is 13.3. The molecule has 1 aromatic carbocycles. The lowest BCUT2D eigenvalue weighted by Crippen LogP contribution is -2.39. The van der Waals surface area contributed by atoms with Gasteiger partial charge in [-0.25, -0.2) is 13.2 Å². The highest BCUT2D eigenvalue weighted by Crippen LogP contribution is 2.46. The molecule has 0 spiro atoms. The quantitative estimate of drug-likeness (QED) is 0.343. The van der Waals surface area contributed by atoms with E-state index in [9.17, 15) is 4.39 Å². The second-order valence-electron chi connectivity index (χ2n) is 10.9. The molecule has 7 heteroatoms. The fraction of sp³-hybridized carbons (Fsp3) is 0.786. The molecule has 2 aliphatic carbocycles. The third-order valence-electron chi connectivity index (χ3n) is 8.58. The number of alkyl halides is 2. The monoisotopic (exact) mass is 502 g/mol. The van der Waals surface area contributed by atoms with Crippen molar-refractivity contribution in [3.05, 3.63) is 29.6 Å². The number of rotatable bonds is 8. The number of methoxy groups -OCH3 is 1. The van der Waals surface area contributed by atoms with E-state index in [0.29, 0.717) is 42.1 Å². The van der Waals surface area contributed by atoms with Crippen molar-refractivity contribution in [2.45, 2.75) is 89.8 Å². The summed E-state index contributed by atoms with van der Waals surface area (Å²) in [5.41, 5.74) is 0.330. The SMILES string of the molecule is CCCC1COC(C2CCC(C3CCC(C(F)(F)Cc4ccc(OC)c(F)c4)CC3)CC2)OC1.F. The van der Waals surface area contributed by atoms with E-state index in [1.165, 1.54) is 25.7 Å². The molecule has 3 aliphatic rings. The molecule has 0 unspecified atom stereocenters. The van der Waals surface area contributed by atoms with Crippen molar-refractivity contribution in [1.82, 2.24) is 0 Å². The molecule has 1 aromatic rings. The van der Waals surface area contributed by atoms with Crippen LogP contribution in [0.1, 0.15) is 76.7 Å². The maximum Gasteiger partial charge on any atom is 0.254 e. The van der Waals surface area contributed by atoms with Gasteiger partial charge in [-0.15, -0.1) is 0 Å². The summed E-state index contributed by atoms with van der Waals surface area (Å²) in [5.74, 6) is -1.73. The number of ether oxygens (including phenoxy) is 3. The van der Waals surface area contributed by atoms with Gasteiger partial charge in [0, 0.05) is 24.2 Å². The third kappa shape index (κ3) is 7.12. The molecule has 0 aromatic heterocycles. The summed E-state index contributed by atoms with van der Waals surface area (Å²) in [4.78, 5) is 0. The van der Waals surface area contributed by atoms with Gasteiger partial charge in [-0.05, 0) is 87.3 Å². The Morgan fingerprint density at radius 1 is 0.914 bits per heavy atom. The van der Waals surface area contributed by atoms with Gasteiger partial charge in [0.15, 0.2) is 17.9 Å². The first-order chi connectivity index (χ1) is 16.4. The van der Waals surface area contributed by atoms with Gasteiger partial charge >= 0.3 is 0 Å². The molecule has 2 saturated carbocycles. The van der Waals surface area contributed by atoms with Crippen molar-refractivity contribution in [3.63, 3.8) is 0 Å². The van der Waals surface area contributed by atoms with Crippen molar-refractivity contribution < 1.29 is 32.1 Å². The fourth-order valence-corrected chi connectivity index (χ4v) is 6.54. The Balaban J connectivity index is 0.00000342. The minimum Gasteiger partial charge on any atom is -0.494 e. The van der Waals surface area contributed by atoms with Gasteiger partial charge in [0.05, 0.1) is 20.3 Å². The van der Waals surface area contributed by atoms with Crippen molar-refractivity contribution >= 4 is 0 Å². The van der Waals surface area contributed by atoms with Gasteiger partial charge in [-0.1, -0.05) is 19.4 Å². The summed E-state index contributed by atoms with van der Waals surface area (Å²) in [6.07, 6.45) is 9.30. The first kappa shape index (κ1) is 28.2. The van der Waals surface area contributed by atoms with E-state index < -0.39 is 24.1 Å². The van der Waals surface area contributed by atoms with E-state index in [0.717, 1.165) is 58.2 Å². The summed E-state index contributed by atoms with van der Waals surface area (Å²) in [5, 5.41) is 0. The van der Waals surface area contributed by atoms with Crippen LogP contribution in [0.4, 0.5) is 17.9 Å². The minimum absolute atomic E-state index is 0. The zero-order valence-electron chi connectivity index (χ0n) is 21.2. The van der Waals surface area contributed by atoms with Crippen LogP contribution in [0, 0.1) is 35.4 Å². The van der Waals surface area contributed by atoms with Crippen LogP contribution in [0.25, 0.3) is 0 Å². The molecule has 35 heavy (non-hydrogen) atoms. The van der Waals surface area contributed by atoms with Crippen LogP contribution in [0.5, 0.6) is 5.75 Å². The van der Waals surface area contributed by atoms with Crippen molar-refractivity contribution in [1.29, 1.82) is 0 Å². The molecule has 3 fully saturated rings. The van der Waals surface area contributed by atoms with Gasteiger partial charge in [0.25, 0.3) is 5.92 Å². The largest absolute Gasteiger partial charge is 0.494 e. The van der Waals surface area contributed by atoms with E-state index >= 15 is 8.78 Å². The van der Waals surface area contributed by atoms with Crippen LogP contribution in [0.3, 0.4) is 0 Å². The maximum absolute atomic E-state index is 15.0. The fourth-order valence-electron chi connectivity index (χ4n) is 6.54. The van der Waals surface area contributed by atoms with Crippen LogP contribution in [-0.4, -0.2) is 32.5 Å². The van der Waals surface area contributed by atoms with Gasteiger partial charge in [-0.3, -0.25) is 4.70 Å². The molecule has 0 N–H and O–H groups in total. The molecule has 200 valence electrons. The summed E-state index contributed by atoms with van der Waals surface area (Å²) >= 11 is 0. The predicted molar refractivity (Wildman–Crippen MR) is 129 cm³/mol. The highest BCUT2D eigenvalue weighted by Gasteiger charge is 2.43. The Morgan fingerprint density at radius 3 is 2.03 bits per heavy atom. The first-order valence-corrected chi connectivity index (χ1v) is 13.3. The summed E-state index contributed by atoms with van der Waals surface area (Å²) in [7, 11) is 1.37. The molecule has 1 saturated heterocycles. The molecular weight excluding hydrogens is 460 g/mol. The minimum atomic E-state index is -2.81. The lowest BCUT2D eigenvalue weighted by molar-refractivity contribution is -0.230. The van der Waals surface area contributed by atoms with Crippen LogP contribution >= 0.6 is 0 Å². The Labute approximate surface area is 207 Å². The maximum atomic E-state index is 15.0. The second-order valence-corrected chi connectivity index (χ2v) is 10.9. The third-order valence-corrected chi connectivity index (χ3v) is 8.58. The smallest absolute Gasteiger partial charge is 0.254 e. The standard InChI is InChI=1S/C28H41F3O3.FH/c1-3-4-20-17-33-27(34-18-20)23-8-6-21(7-9-23)22-10-12-24(13-11-22)28(30,31)16-19-5-14-26(32-2)25(29)15-19;/h5,14-15,20-24,27H,3-4,6-13,16-18H2,1-2H3;1H. The van der Waals surface area contributed by atoms with E-state index in [1.807, 2.05) is 0 Å². The number of halogens is 4. The Hall–Kier alpha value is -1.34. The topological polar surface area (TPSA) is 27.7 Å². The summed E-state index contributed by atoms with van der Waals surface area (Å²) in [6, 6.07) is 4.16. The zero-order chi connectivity index (χ0) is 24.1. The highest BCUT2D eigenvalue weighted by atomic mass is 19.3. The normalized spacial score (nSPS) is 32.0. The van der Waals surface area contributed by atoms with E-state index in [-0.39, 0.29) is 16.7 Å². The van der Waals surface area contributed by atoms with Gasteiger partial charge in [-0.2, -0.15) is 0 Å². The van der Waals surface area contributed by atoms with Crippen LogP contribution in [-0.2, 0) is 15.9 Å². The zero-order valence-corrected chi connectivity index (χ0v) is 21.2. The lowest BCUT2D eigenvalue weighted by atomic mass is 9.68. The van der Waals surface area contributed by atoms with Crippen molar-refractivity contribution in [2.24, 2.45) is 29.6 Å². The summed E-state index contributed by atoms with van der Waals surface area (Å²) in [6.45, 7) is 3.84. The molecule has 1 heterocycles. The number of hydrogen-bond donors (Lipinski definition) is 0. The molecule has 3 nitrogen and oxygen atoms in total. The van der Waals surface area contributed by atoms with E-state index in [1.54, 1.807) is 6.07 Å². The lowest BCUT2D eigenvalue weighted by Gasteiger charge is -2.41. The molecule has 0 radical (unpaired) electrons. The average molecular weight is 503 g/mol. The van der Waals surface area contributed by atoms with Crippen LogP contribution in [0.2, 0.25) is 0 Å². The number of benzene rings is 1. The Morgan fingerprint density at radius 2 is 1.49 bits per heavy atom. The Kier molecular flexibility index (Phi) is 10.3. The molecule has 0 atom stereocenters.